The van der Waals surface area contributed by atoms with Gasteiger partial charge in [-0.15, -0.1) is 35.3 Å². The van der Waals surface area contributed by atoms with Gasteiger partial charge in [-0.1, -0.05) is 12.8 Å². The maximum atomic E-state index is 4.30. The van der Waals surface area contributed by atoms with E-state index >= 15 is 0 Å². The summed E-state index contributed by atoms with van der Waals surface area (Å²) in [5.41, 5.74) is 1.36. The average molecular weight is 450 g/mol. The number of likely N-dealkylation sites (tertiary alicyclic amines) is 1. The van der Waals surface area contributed by atoms with Crippen LogP contribution in [0.3, 0.4) is 0 Å². The van der Waals surface area contributed by atoms with Crippen LogP contribution in [0.4, 0.5) is 0 Å². The molecule has 1 aliphatic rings. The van der Waals surface area contributed by atoms with Crippen LogP contribution in [0.1, 0.15) is 42.5 Å². The van der Waals surface area contributed by atoms with E-state index in [-0.39, 0.29) is 24.0 Å². The first-order chi connectivity index (χ1) is 10.8. The minimum absolute atomic E-state index is 0. The monoisotopic (exact) mass is 450 g/mol. The number of hydrogen-bond donors (Lipinski definition) is 2. The normalized spacial score (nSPS) is 16.5. The van der Waals surface area contributed by atoms with Gasteiger partial charge in [-0.05, 0) is 62.8 Å². The van der Waals surface area contributed by atoms with Crippen LogP contribution in [0.15, 0.2) is 16.4 Å². The molecule has 23 heavy (non-hydrogen) atoms. The number of aryl methyl sites for hydroxylation is 1. The van der Waals surface area contributed by atoms with Crippen molar-refractivity contribution in [3.05, 3.63) is 21.9 Å². The Morgan fingerprint density at radius 2 is 1.96 bits per heavy atom. The second-order valence-electron chi connectivity index (χ2n) is 5.99. The van der Waals surface area contributed by atoms with Gasteiger partial charge in [-0.3, -0.25) is 4.99 Å². The highest BCUT2D eigenvalue weighted by atomic mass is 127. The number of thiophene rings is 1. The molecule has 0 radical (unpaired) electrons. The summed E-state index contributed by atoms with van der Waals surface area (Å²) in [6.07, 6.45) is 6.74. The molecule has 2 heterocycles. The summed E-state index contributed by atoms with van der Waals surface area (Å²) in [6.45, 7) is 7.77. The lowest BCUT2D eigenvalue weighted by Crippen LogP contribution is -2.38. The average Bonchev–Trinajstić information content (AvgIpc) is 2.77. The Morgan fingerprint density at radius 1 is 1.22 bits per heavy atom. The molecular weight excluding hydrogens is 419 g/mol. The van der Waals surface area contributed by atoms with E-state index in [1.807, 2.05) is 7.05 Å². The van der Waals surface area contributed by atoms with E-state index in [4.69, 9.17) is 0 Å². The zero-order chi connectivity index (χ0) is 15.6. The molecule has 1 aromatic rings. The van der Waals surface area contributed by atoms with Gasteiger partial charge in [0.2, 0.25) is 0 Å². The molecule has 1 saturated heterocycles. The van der Waals surface area contributed by atoms with Crippen LogP contribution in [-0.2, 0) is 6.54 Å². The van der Waals surface area contributed by atoms with Crippen LogP contribution in [0.2, 0.25) is 0 Å². The summed E-state index contributed by atoms with van der Waals surface area (Å²) >= 11 is 1.80. The lowest BCUT2D eigenvalue weighted by molar-refractivity contribution is 0.282. The Kier molecular flexibility index (Phi) is 10.9. The molecule has 1 fully saturated rings. The maximum absolute atomic E-state index is 4.30. The van der Waals surface area contributed by atoms with Crippen molar-refractivity contribution in [2.75, 3.05) is 33.2 Å². The summed E-state index contributed by atoms with van der Waals surface area (Å²) in [4.78, 5) is 8.29. The molecule has 0 saturated carbocycles. The van der Waals surface area contributed by atoms with Gasteiger partial charge in [0.25, 0.3) is 0 Å². The van der Waals surface area contributed by atoms with E-state index in [1.165, 1.54) is 62.2 Å². The highest BCUT2D eigenvalue weighted by Gasteiger charge is 2.08. The third-order valence-electron chi connectivity index (χ3n) is 4.25. The highest BCUT2D eigenvalue weighted by molar-refractivity contribution is 14.0. The van der Waals surface area contributed by atoms with Gasteiger partial charge in [0.1, 0.15) is 0 Å². The van der Waals surface area contributed by atoms with Gasteiger partial charge in [0.05, 0.1) is 6.54 Å². The third-order valence-corrected chi connectivity index (χ3v) is 5.27. The molecule has 4 nitrogen and oxygen atoms in total. The Labute approximate surface area is 162 Å². The molecule has 1 aliphatic heterocycles. The van der Waals surface area contributed by atoms with Crippen LogP contribution in [0.5, 0.6) is 0 Å². The van der Waals surface area contributed by atoms with Crippen molar-refractivity contribution in [1.29, 1.82) is 0 Å². The molecule has 0 unspecified atom stereocenters. The van der Waals surface area contributed by atoms with Crippen molar-refractivity contribution in [2.45, 2.75) is 45.6 Å². The molecule has 0 aliphatic carbocycles. The Balaban J connectivity index is 0.00000264. The van der Waals surface area contributed by atoms with E-state index in [0.29, 0.717) is 0 Å². The SMILES string of the molecule is CN=C(NCCCN1CCCCCC1)NCc1sccc1C.I. The molecule has 0 atom stereocenters. The van der Waals surface area contributed by atoms with Crippen molar-refractivity contribution in [3.63, 3.8) is 0 Å². The standard InChI is InChI=1S/C17H30N4S.HI/c1-15-8-13-22-16(15)14-20-17(18-2)19-9-7-12-21-10-5-3-4-6-11-21;/h8,13H,3-7,9-12,14H2,1-2H3,(H2,18,19,20);1H. The molecule has 132 valence electrons. The molecule has 6 heteroatoms. The largest absolute Gasteiger partial charge is 0.356 e. The number of aliphatic imine (C=N–C) groups is 1. The summed E-state index contributed by atoms with van der Waals surface area (Å²) < 4.78 is 0. The fourth-order valence-corrected chi connectivity index (χ4v) is 3.68. The van der Waals surface area contributed by atoms with Crippen LogP contribution in [0, 0.1) is 6.92 Å². The molecule has 0 bridgehead atoms. The molecule has 0 spiro atoms. The topological polar surface area (TPSA) is 39.7 Å². The predicted molar refractivity (Wildman–Crippen MR) is 112 cm³/mol. The van der Waals surface area contributed by atoms with Gasteiger partial charge >= 0.3 is 0 Å². The lowest BCUT2D eigenvalue weighted by Gasteiger charge is -2.20. The molecule has 1 aromatic heterocycles. The van der Waals surface area contributed by atoms with E-state index < -0.39 is 0 Å². The Morgan fingerprint density at radius 3 is 2.57 bits per heavy atom. The predicted octanol–water partition coefficient (Wildman–Crippen LogP) is 3.61. The minimum atomic E-state index is 0. The lowest BCUT2D eigenvalue weighted by atomic mass is 10.2. The number of halogens is 1. The Bertz CT molecular complexity index is 453. The molecule has 0 amide bonds. The molecule has 0 aromatic carbocycles. The minimum Gasteiger partial charge on any atom is -0.356 e. The van der Waals surface area contributed by atoms with Gasteiger partial charge in [0, 0.05) is 18.5 Å². The van der Waals surface area contributed by atoms with E-state index in [0.717, 1.165) is 19.0 Å². The smallest absolute Gasteiger partial charge is 0.191 e. The first-order valence-electron chi connectivity index (χ1n) is 8.49. The van der Waals surface area contributed by atoms with Crippen LogP contribution >= 0.6 is 35.3 Å². The molecule has 2 rings (SSSR count). The first-order valence-corrected chi connectivity index (χ1v) is 9.37. The van der Waals surface area contributed by atoms with Crippen LogP contribution in [-0.4, -0.2) is 44.1 Å². The van der Waals surface area contributed by atoms with Crippen molar-refractivity contribution in [3.8, 4) is 0 Å². The van der Waals surface area contributed by atoms with Gasteiger partial charge < -0.3 is 15.5 Å². The number of nitrogens with zero attached hydrogens (tertiary/aromatic N) is 2. The second kappa shape index (κ2) is 12.1. The van der Waals surface area contributed by atoms with E-state index in [2.05, 4.69) is 38.9 Å². The van der Waals surface area contributed by atoms with E-state index in [1.54, 1.807) is 11.3 Å². The summed E-state index contributed by atoms with van der Waals surface area (Å²) in [5.74, 6) is 0.906. The van der Waals surface area contributed by atoms with Crippen molar-refractivity contribution in [2.24, 2.45) is 4.99 Å². The number of guanidine groups is 1. The van der Waals surface area contributed by atoms with Crippen molar-refractivity contribution < 1.29 is 0 Å². The quantitative estimate of drug-likeness (QED) is 0.301. The third kappa shape index (κ3) is 7.85. The summed E-state index contributed by atoms with van der Waals surface area (Å²) in [5, 5.41) is 8.96. The number of hydrogen-bond acceptors (Lipinski definition) is 3. The second-order valence-corrected chi connectivity index (χ2v) is 6.99. The molecule has 2 N–H and O–H groups in total. The highest BCUT2D eigenvalue weighted by Crippen LogP contribution is 2.14. The number of rotatable bonds is 6. The van der Waals surface area contributed by atoms with E-state index in [9.17, 15) is 0 Å². The zero-order valence-corrected chi connectivity index (χ0v) is 17.6. The van der Waals surface area contributed by atoms with Crippen LogP contribution in [0.25, 0.3) is 0 Å². The summed E-state index contributed by atoms with van der Waals surface area (Å²) in [6, 6.07) is 2.17. The van der Waals surface area contributed by atoms with Crippen LogP contribution < -0.4 is 10.6 Å². The van der Waals surface area contributed by atoms with Gasteiger partial charge in [-0.25, -0.2) is 0 Å². The fourth-order valence-electron chi connectivity index (χ4n) is 2.84. The molecular formula is C17H31IN4S. The zero-order valence-electron chi connectivity index (χ0n) is 14.4. The summed E-state index contributed by atoms with van der Waals surface area (Å²) in [7, 11) is 1.84. The van der Waals surface area contributed by atoms with Gasteiger partial charge in [-0.2, -0.15) is 0 Å². The maximum Gasteiger partial charge on any atom is 0.191 e. The Hall–Kier alpha value is -0.340. The number of nitrogens with one attached hydrogen (secondary N) is 2. The van der Waals surface area contributed by atoms with Gasteiger partial charge in [0.15, 0.2) is 5.96 Å². The fraction of sp³-hybridized carbons (Fsp3) is 0.706. The van der Waals surface area contributed by atoms with Crippen molar-refractivity contribution in [1.82, 2.24) is 15.5 Å². The first kappa shape index (κ1) is 20.7. The van der Waals surface area contributed by atoms with Crippen molar-refractivity contribution >= 4 is 41.3 Å².